The van der Waals surface area contributed by atoms with Crippen molar-refractivity contribution in [3.05, 3.63) is 23.8 Å². The molecular weight excluding hydrogens is 429 g/mol. The standard InChI is InChI=1S/C19H31N3O2.HI/c1-4-20-19(22-16-7-5-6-14(2)12-16)21-11-10-15-8-9-17(23)18(13-15)24-3;/h8-9,13-14,16,23H,4-7,10-12H2,1-3H3,(H2,20,21,22);1H. The molecule has 0 amide bonds. The van der Waals surface area contributed by atoms with Crippen molar-refractivity contribution in [1.29, 1.82) is 0 Å². The van der Waals surface area contributed by atoms with Crippen molar-refractivity contribution in [3.63, 3.8) is 0 Å². The minimum atomic E-state index is 0. The number of methoxy groups -OCH3 is 1. The summed E-state index contributed by atoms with van der Waals surface area (Å²) in [7, 11) is 1.56. The van der Waals surface area contributed by atoms with Crippen LogP contribution in [0.25, 0.3) is 0 Å². The van der Waals surface area contributed by atoms with Crippen LogP contribution in [0.15, 0.2) is 23.2 Å². The molecule has 1 aliphatic rings. The van der Waals surface area contributed by atoms with Gasteiger partial charge in [0.2, 0.25) is 0 Å². The van der Waals surface area contributed by atoms with E-state index in [-0.39, 0.29) is 29.7 Å². The number of ether oxygens (including phenoxy) is 1. The molecule has 0 aromatic heterocycles. The number of aliphatic imine (C=N–C) groups is 1. The van der Waals surface area contributed by atoms with E-state index in [1.165, 1.54) is 25.7 Å². The summed E-state index contributed by atoms with van der Waals surface area (Å²) in [4.78, 5) is 4.70. The number of phenolic OH excluding ortho intramolecular Hbond substituents is 1. The Bertz CT molecular complexity index is 551. The molecule has 1 saturated carbocycles. The van der Waals surface area contributed by atoms with Crippen molar-refractivity contribution in [2.45, 2.75) is 52.0 Å². The molecule has 0 spiro atoms. The zero-order valence-corrected chi connectivity index (χ0v) is 17.9. The van der Waals surface area contributed by atoms with E-state index in [9.17, 15) is 5.11 Å². The summed E-state index contributed by atoms with van der Waals surface area (Å²) in [6, 6.07) is 5.98. The van der Waals surface area contributed by atoms with E-state index in [4.69, 9.17) is 9.73 Å². The number of halogens is 1. The first-order chi connectivity index (χ1) is 11.6. The van der Waals surface area contributed by atoms with Crippen LogP contribution in [0, 0.1) is 5.92 Å². The Hall–Kier alpha value is -1.18. The third-order valence-electron chi connectivity index (χ3n) is 4.54. The summed E-state index contributed by atoms with van der Waals surface area (Å²) in [5, 5.41) is 16.6. The summed E-state index contributed by atoms with van der Waals surface area (Å²) in [5.41, 5.74) is 1.11. The smallest absolute Gasteiger partial charge is 0.191 e. The van der Waals surface area contributed by atoms with Gasteiger partial charge in [0.15, 0.2) is 17.5 Å². The predicted octanol–water partition coefficient (Wildman–Crippen LogP) is 3.70. The molecule has 0 bridgehead atoms. The van der Waals surface area contributed by atoms with Gasteiger partial charge in [-0.3, -0.25) is 4.99 Å². The molecule has 2 unspecified atom stereocenters. The lowest BCUT2D eigenvalue weighted by Crippen LogP contribution is -2.45. The number of aromatic hydroxyl groups is 1. The number of benzene rings is 1. The fraction of sp³-hybridized carbons (Fsp3) is 0.632. The Labute approximate surface area is 168 Å². The second kappa shape index (κ2) is 11.4. The summed E-state index contributed by atoms with van der Waals surface area (Å²) >= 11 is 0. The number of hydrogen-bond acceptors (Lipinski definition) is 3. The van der Waals surface area contributed by atoms with Crippen molar-refractivity contribution >= 4 is 29.9 Å². The monoisotopic (exact) mass is 461 g/mol. The van der Waals surface area contributed by atoms with Gasteiger partial charge in [-0.05, 0) is 49.8 Å². The lowest BCUT2D eigenvalue weighted by molar-refractivity contribution is 0.324. The van der Waals surface area contributed by atoms with Gasteiger partial charge in [-0.25, -0.2) is 0 Å². The first-order valence-electron chi connectivity index (χ1n) is 9.03. The topological polar surface area (TPSA) is 65.9 Å². The lowest BCUT2D eigenvalue weighted by atomic mass is 9.87. The fourth-order valence-electron chi connectivity index (χ4n) is 3.25. The van der Waals surface area contributed by atoms with Crippen LogP contribution in [0.2, 0.25) is 0 Å². The maximum absolute atomic E-state index is 9.65. The summed E-state index contributed by atoms with van der Waals surface area (Å²) in [5.74, 6) is 2.38. The van der Waals surface area contributed by atoms with Crippen LogP contribution in [0.3, 0.4) is 0 Å². The Morgan fingerprint density at radius 3 is 2.84 bits per heavy atom. The average molecular weight is 461 g/mol. The van der Waals surface area contributed by atoms with Crippen LogP contribution in [0.5, 0.6) is 11.5 Å². The zero-order valence-electron chi connectivity index (χ0n) is 15.5. The average Bonchev–Trinajstić information content (AvgIpc) is 2.56. The first-order valence-corrected chi connectivity index (χ1v) is 9.03. The van der Waals surface area contributed by atoms with Crippen LogP contribution < -0.4 is 15.4 Å². The van der Waals surface area contributed by atoms with E-state index in [2.05, 4.69) is 24.5 Å². The van der Waals surface area contributed by atoms with Crippen LogP contribution in [0.4, 0.5) is 0 Å². The molecule has 25 heavy (non-hydrogen) atoms. The summed E-state index contributed by atoms with van der Waals surface area (Å²) < 4.78 is 5.15. The van der Waals surface area contributed by atoms with Crippen LogP contribution >= 0.6 is 24.0 Å². The number of rotatable bonds is 6. The minimum Gasteiger partial charge on any atom is -0.504 e. The molecule has 5 nitrogen and oxygen atoms in total. The van der Waals surface area contributed by atoms with Crippen molar-refractivity contribution < 1.29 is 9.84 Å². The van der Waals surface area contributed by atoms with E-state index >= 15 is 0 Å². The zero-order chi connectivity index (χ0) is 17.4. The van der Waals surface area contributed by atoms with Gasteiger partial charge in [0.05, 0.1) is 7.11 Å². The maximum atomic E-state index is 9.65. The van der Waals surface area contributed by atoms with Crippen LogP contribution in [0.1, 0.15) is 45.1 Å². The first kappa shape index (κ1) is 21.9. The van der Waals surface area contributed by atoms with E-state index in [0.29, 0.717) is 18.3 Å². The third kappa shape index (κ3) is 7.30. The minimum absolute atomic E-state index is 0. The molecule has 1 aliphatic carbocycles. The molecule has 1 aromatic rings. The van der Waals surface area contributed by atoms with Gasteiger partial charge < -0.3 is 20.5 Å². The molecule has 0 saturated heterocycles. The van der Waals surface area contributed by atoms with Crippen molar-refractivity contribution in [1.82, 2.24) is 10.6 Å². The second-order valence-corrected chi connectivity index (χ2v) is 6.63. The number of phenols is 1. The van der Waals surface area contributed by atoms with Crippen molar-refractivity contribution in [2.75, 3.05) is 20.2 Å². The Balaban J connectivity index is 0.00000312. The quantitative estimate of drug-likeness (QED) is 0.344. The molecule has 1 fully saturated rings. The number of hydrogen-bond donors (Lipinski definition) is 3. The van der Waals surface area contributed by atoms with E-state index in [0.717, 1.165) is 30.4 Å². The molecule has 0 heterocycles. The highest BCUT2D eigenvalue weighted by Crippen LogP contribution is 2.26. The predicted molar refractivity (Wildman–Crippen MR) is 114 cm³/mol. The molecule has 2 rings (SSSR count). The van der Waals surface area contributed by atoms with E-state index < -0.39 is 0 Å². The molecule has 1 aromatic carbocycles. The molecule has 6 heteroatoms. The highest BCUT2D eigenvalue weighted by molar-refractivity contribution is 14.0. The summed E-state index contributed by atoms with van der Waals surface area (Å²) in [6.45, 7) is 5.98. The van der Waals surface area contributed by atoms with Gasteiger partial charge in [0.1, 0.15) is 0 Å². The van der Waals surface area contributed by atoms with E-state index in [1.54, 1.807) is 13.2 Å². The highest BCUT2D eigenvalue weighted by Gasteiger charge is 2.19. The van der Waals surface area contributed by atoms with Gasteiger partial charge >= 0.3 is 0 Å². The highest BCUT2D eigenvalue weighted by atomic mass is 127. The largest absolute Gasteiger partial charge is 0.504 e. The van der Waals surface area contributed by atoms with Gasteiger partial charge in [-0.2, -0.15) is 0 Å². The van der Waals surface area contributed by atoms with Gasteiger partial charge in [0.25, 0.3) is 0 Å². The molecular formula is C19H32IN3O2. The lowest BCUT2D eigenvalue weighted by Gasteiger charge is -2.28. The molecule has 2 atom stereocenters. The van der Waals surface area contributed by atoms with Gasteiger partial charge in [-0.1, -0.05) is 25.8 Å². The molecule has 3 N–H and O–H groups in total. The Morgan fingerprint density at radius 1 is 1.36 bits per heavy atom. The van der Waals surface area contributed by atoms with Crippen molar-refractivity contribution in [3.8, 4) is 11.5 Å². The number of guanidine groups is 1. The molecule has 142 valence electrons. The molecule has 0 radical (unpaired) electrons. The second-order valence-electron chi connectivity index (χ2n) is 6.63. The maximum Gasteiger partial charge on any atom is 0.191 e. The van der Waals surface area contributed by atoms with Gasteiger partial charge in [0, 0.05) is 19.1 Å². The van der Waals surface area contributed by atoms with Crippen molar-refractivity contribution in [2.24, 2.45) is 10.9 Å². The third-order valence-corrected chi connectivity index (χ3v) is 4.54. The van der Waals surface area contributed by atoms with E-state index in [1.807, 2.05) is 12.1 Å². The van der Waals surface area contributed by atoms with Crippen LogP contribution in [-0.4, -0.2) is 37.3 Å². The SMILES string of the molecule is CCNC(=NCCc1ccc(O)c(OC)c1)NC1CCCC(C)C1.I. The van der Waals surface area contributed by atoms with Crippen LogP contribution in [-0.2, 0) is 6.42 Å². The number of nitrogens with one attached hydrogen (secondary N) is 2. The Morgan fingerprint density at radius 2 is 2.16 bits per heavy atom. The van der Waals surface area contributed by atoms with Gasteiger partial charge in [-0.15, -0.1) is 24.0 Å². The number of nitrogens with zero attached hydrogens (tertiary/aromatic N) is 1. The fourth-order valence-corrected chi connectivity index (χ4v) is 3.25. The molecule has 0 aliphatic heterocycles. The Kier molecular flexibility index (Phi) is 10.0. The summed E-state index contributed by atoms with van der Waals surface area (Å²) in [6.07, 6.45) is 5.90. The normalized spacial score (nSPS) is 20.5.